The Morgan fingerprint density at radius 1 is 1.09 bits per heavy atom. The van der Waals surface area contributed by atoms with Gasteiger partial charge in [0.15, 0.2) is 0 Å². The first kappa shape index (κ1) is 23.8. The van der Waals surface area contributed by atoms with Crippen LogP contribution < -0.4 is 25.1 Å². The molecule has 174 valence electrons. The van der Waals surface area contributed by atoms with E-state index in [0.717, 1.165) is 0 Å². The Bertz CT molecular complexity index is 1370. The maximum atomic E-state index is 12.6. The van der Waals surface area contributed by atoms with Crippen LogP contribution in [0.25, 0.3) is 11.0 Å². The van der Waals surface area contributed by atoms with Crippen LogP contribution in [0.2, 0.25) is 0 Å². The van der Waals surface area contributed by atoms with Crippen molar-refractivity contribution in [3.8, 4) is 5.75 Å². The number of nitrogens with one attached hydrogen (secondary N) is 3. The highest BCUT2D eigenvalue weighted by Crippen LogP contribution is 2.21. The van der Waals surface area contributed by atoms with Crippen molar-refractivity contribution in [1.82, 2.24) is 14.9 Å². The number of ether oxygens (including phenoxy) is 1. The summed E-state index contributed by atoms with van der Waals surface area (Å²) in [5.74, 6) is -0.374. The minimum Gasteiger partial charge on any atom is -0.422 e. The fourth-order valence-electron chi connectivity index (χ4n) is 2.75. The second kappa shape index (κ2) is 9.71. The summed E-state index contributed by atoms with van der Waals surface area (Å²) in [6, 6.07) is 12.2. The van der Waals surface area contributed by atoms with E-state index in [1.54, 1.807) is 30.3 Å². The Hall–Kier alpha value is -3.90. The highest BCUT2D eigenvalue weighted by molar-refractivity contribution is 7.90. The molecule has 0 atom stereocenters. The van der Waals surface area contributed by atoms with Crippen LogP contribution in [-0.2, 0) is 16.8 Å². The predicted octanol–water partition coefficient (Wildman–Crippen LogP) is 1.66. The van der Waals surface area contributed by atoms with Gasteiger partial charge in [0.25, 0.3) is 16.1 Å². The van der Waals surface area contributed by atoms with Gasteiger partial charge in [-0.1, -0.05) is 12.1 Å². The van der Waals surface area contributed by atoms with Crippen LogP contribution in [0.4, 0.5) is 10.5 Å². The summed E-state index contributed by atoms with van der Waals surface area (Å²) in [5.41, 5.74) is -0.125. The molecule has 0 aliphatic rings. The van der Waals surface area contributed by atoms with E-state index in [-0.39, 0.29) is 34.7 Å². The number of nitrogens with zero attached hydrogens (tertiary/aromatic N) is 1. The number of rotatable bonds is 7. The van der Waals surface area contributed by atoms with Gasteiger partial charge in [-0.2, -0.15) is 8.42 Å². The predicted molar refractivity (Wildman–Crippen MR) is 121 cm³/mol. The fourth-order valence-corrected chi connectivity index (χ4v) is 3.32. The summed E-state index contributed by atoms with van der Waals surface area (Å²) in [5, 5.41) is 3.15. The van der Waals surface area contributed by atoms with Crippen LogP contribution in [-0.4, -0.2) is 46.5 Å². The molecule has 0 unspecified atom stereocenters. The first-order chi connectivity index (χ1) is 15.6. The molecule has 2 aromatic carbocycles. The van der Waals surface area contributed by atoms with Crippen molar-refractivity contribution in [3.63, 3.8) is 0 Å². The van der Waals surface area contributed by atoms with Crippen LogP contribution in [0, 0.1) is 0 Å². The number of fused-ring (bicyclic) bond motifs is 1. The third kappa shape index (κ3) is 5.87. The maximum absolute atomic E-state index is 12.6. The van der Waals surface area contributed by atoms with Gasteiger partial charge in [0.1, 0.15) is 11.3 Å². The maximum Gasteiger partial charge on any atom is 0.414 e. The fraction of sp³-hybridized carbons (Fsp3) is 0.190. The molecule has 0 bridgehead atoms. The third-order valence-electron chi connectivity index (χ3n) is 4.47. The Kier molecular flexibility index (Phi) is 6.99. The third-order valence-corrected chi connectivity index (χ3v) is 5.50. The van der Waals surface area contributed by atoms with Crippen molar-refractivity contribution < 1.29 is 27.2 Å². The zero-order valence-electron chi connectivity index (χ0n) is 18.0. The van der Waals surface area contributed by atoms with Gasteiger partial charge in [-0.3, -0.25) is 9.52 Å². The molecule has 3 aromatic rings. The van der Waals surface area contributed by atoms with E-state index in [0.29, 0.717) is 5.39 Å². The average Bonchev–Trinajstić information content (AvgIpc) is 2.77. The molecule has 0 aliphatic heterocycles. The number of hydrogen-bond donors (Lipinski definition) is 3. The second-order valence-electron chi connectivity index (χ2n) is 7.06. The van der Waals surface area contributed by atoms with E-state index in [1.807, 2.05) is 0 Å². The Balaban J connectivity index is 1.78. The van der Waals surface area contributed by atoms with Gasteiger partial charge in [0, 0.05) is 32.6 Å². The molecule has 0 saturated carbocycles. The lowest BCUT2D eigenvalue weighted by Gasteiger charge is -2.12. The molecular weight excluding hydrogens is 452 g/mol. The summed E-state index contributed by atoms with van der Waals surface area (Å²) in [6.45, 7) is -0.151. The highest BCUT2D eigenvalue weighted by Gasteiger charge is 2.16. The van der Waals surface area contributed by atoms with Gasteiger partial charge in [-0.05, 0) is 30.3 Å². The molecule has 0 saturated heterocycles. The quantitative estimate of drug-likeness (QED) is 0.441. The molecule has 3 N–H and O–H groups in total. The van der Waals surface area contributed by atoms with E-state index in [4.69, 9.17) is 9.15 Å². The minimum atomic E-state index is -3.82. The largest absolute Gasteiger partial charge is 0.422 e. The van der Waals surface area contributed by atoms with Crippen molar-refractivity contribution >= 4 is 38.9 Å². The molecule has 3 rings (SSSR count). The molecule has 1 heterocycles. The summed E-state index contributed by atoms with van der Waals surface area (Å²) in [7, 11) is 0.493. The van der Waals surface area contributed by atoms with Crippen molar-refractivity contribution in [3.05, 3.63) is 70.1 Å². The van der Waals surface area contributed by atoms with Gasteiger partial charge >= 0.3 is 11.7 Å². The lowest BCUT2D eigenvalue weighted by molar-refractivity contribution is 0.0951. The summed E-state index contributed by atoms with van der Waals surface area (Å²) < 4.78 is 38.4. The Labute approximate surface area is 189 Å². The highest BCUT2D eigenvalue weighted by atomic mass is 32.2. The van der Waals surface area contributed by atoms with Crippen molar-refractivity contribution in [1.29, 1.82) is 0 Å². The minimum absolute atomic E-state index is 0.0776. The van der Waals surface area contributed by atoms with Crippen LogP contribution in [0.15, 0.2) is 57.7 Å². The first-order valence-electron chi connectivity index (χ1n) is 9.64. The molecule has 0 aliphatic carbocycles. The average molecular weight is 474 g/mol. The number of para-hydroxylation sites is 1. The van der Waals surface area contributed by atoms with Crippen LogP contribution in [0.1, 0.15) is 15.9 Å². The van der Waals surface area contributed by atoms with Gasteiger partial charge in [0.2, 0.25) is 0 Å². The molecule has 12 heteroatoms. The van der Waals surface area contributed by atoms with E-state index in [2.05, 4.69) is 14.8 Å². The summed E-state index contributed by atoms with van der Waals surface area (Å²) in [4.78, 5) is 38.0. The number of anilines is 1. The topological polar surface area (TPSA) is 147 Å². The number of hydrogen-bond acceptors (Lipinski definition) is 7. The van der Waals surface area contributed by atoms with Crippen molar-refractivity contribution in [2.45, 2.75) is 6.54 Å². The molecule has 0 spiro atoms. The lowest BCUT2D eigenvalue weighted by Crippen LogP contribution is -2.30. The molecule has 1 aromatic heterocycles. The standard InChI is InChI=1S/C21H22N4O7S/c1-22-33(29,30)24-17-7-5-4-6-16(17)19(26)23-12-14-10-13-8-9-15(31-21(28)25(2)3)11-18(13)32-20(14)27/h4-11,22,24H,12H2,1-3H3,(H,23,26). The zero-order valence-corrected chi connectivity index (χ0v) is 18.9. The number of carbonyl (C=O) groups excluding carboxylic acids is 2. The SMILES string of the molecule is CNS(=O)(=O)Nc1ccccc1C(=O)NCc1cc2ccc(OC(=O)N(C)C)cc2oc1=O. The van der Waals surface area contributed by atoms with Crippen molar-refractivity contribution in [2.24, 2.45) is 0 Å². The van der Waals surface area contributed by atoms with E-state index in [9.17, 15) is 22.8 Å². The van der Waals surface area contributed by atoms with Gasteiger partial charge < -0.3 is 19.4 Å². The number of amides is 2. The monoisotopic (exact) mass is 474 g/mol. The van der Waals surface area contributed by atoms with E-state index < -0.39 is 27.8 Å². The first-order valence-corrected chi connectivity index (χ1v) is 11.1. The summed E-state index contributed by atoms with van der Waals surface area (Å²) in [6.07, 6.45) is -0.576. The van der Waals surface area contributed by atoms with Gasteiger partial charge in [-0.25, -0.2) is 14.3 Å². The number of carbonyl (C=O) groups is 2. The van der Waals surface area contributed by atoms with Crippen LogP contribution in [0.5, 0.6) is 5.75 Å². The molecular formula is C21H22N4O7S. The zero-order chi connectivity index (χ0) is 24.2. The van der Waals surface area contributed by atoms with E-state index >= 15 is 0 Å². The van der Waals surface area contributed by atoms with Gasteiger partial charge in [-0.15, -0.1) is 0 Å². The smallest absolute Gasteiger partial charge is 0.414 e. The Morgan fingerprint density at radius 2 is 1.82 bits per heavy atom. The van der Waals surface area contributed by atoms with Crippen LogP contribution >= 0.6 is 0 Å². The molecule has 0 radical (unpaired) electrons. The molecule has 33 heavy (non-hydrogen) atoms. The molecule has 11 nitrogen and oxygen atoms in total. The molecule has 0 fully saturated rings. The number of benzene rings is 2. The van der Waals surface area contributed by atoms with Crippen LogP contribution in [0.3, 0.4) is 0 Å². The molecule has 2 amide bonds. The van der Waals surface area contributed by atoms with Crippen molar-refractivity contribution in [2.75, 3.05) is 25.9 Å². The second-order valence-corrected chi connectivity index (χ2v) is 8.68. The van der Waals surface area contributed by atoms with Gasteiger partial charge in [0.05, 0.1) is 23.4 Å². The summed E-state index contributed by atoms with van der Waals surface area (Å²) >= 11 is 0. The normalized spacial score (nSPS) is 11.1. The Morgan fingerprint density at radius 3 is 2.52 bits per heavy atom. The lowest BCUT2D eigenvalue weighted by atomic mass is 10.1. The van der Waals surface area contributed by atoms with E-state index in [1.165, 1.54) is 44.2 Å².